The molecule has 1 unspecified atom stereocenters. The van der Waals surface area contributed by atoms with E-state index in [2.05, 4.69) is 10.3 Å². The van der Waals surface area contributed by atoms with Crippen LogP contribution >= 0.6 is 0 Å². The first-order valence-electron chi connectivity index (χ1n) is 6.25. The number of hydrogen-bond donors (Lipinski definition) is 2. The zero-order valence-electron chi connectivity index (χ0n) is 10.4. The van der Waals surface area contributed by atoms with Gasteiger partial charge in [-0.25, -0.2) is 4.39 Å². The van der Waals surface area contributed by atoms with E-state index in [1.807, 2.05) is 6.92 Å². The van der Waals surface area contributed by atoms with Crippen LogP contribution in [0, 0.1) is 11.7 Å². The number of nitrogens with zero attached hydrogens (tertiary/aromatic N) is 1. The second-order valence-corrected chi connectivity index (χ2v) is 4.81. The van der Waals surface area contributed by atoms with E-state index in [-0.39, 0.29) is 0 Å². The SMILES string of the molecule is CCC(NCC1CC1)(C(N)=O)c1ccc(F)cn1. The van der Waals surface area contributed by atoms with Crippen molar-refractivity contribution in [1.29, 1.82) is 0 Å². The third-order valence-corrected chi connectivity index (χ3v) is 3.51. The summed E-state index contributed by atoms with van der Waals surface area (Å²) >= 11 is 0. The molecular weight excluding hydrogens is 233 g/mol. The van der Waals surface area contributed by atoms with Gasteiger partial charge in [0.2, 0.25) is 5.91 Å². The molecule has 1 atom stereocenters. The molecular formula is C13H18FN3O. The normalized spacial score (nSPS) is 18.3. The van der Waals surface area contributed by atoms with E-state index in [9.17, 15) is 9.18 Å². The average Bonchev–Trinajstić information content (AvgIpc) is 3.16. The van der Waals surface area contributed by atoms with Crippen molar-refractivity contribution in [2.24, 2.45) is 11.7 Å². The molecule has 1 amide bonds. The summed E-state index contributed by atoms with van der Waals surface area (Å²) in [6.45, 7) is 2.62. The molecule has 3 N–H and O–H groups in total. The molecule has 0 aromatic carbocycles. The van der Waals surface area contributed by atoms with Crippen molar-refractivity contribution in [3.05, 3.63) is 29.8 Å². The highest BCUT2D eigenvalue weighted by molar-refractivity contribution is 5.85. The molecule has 0 spiro atoms. The topological polar surface area (TPSA) is 68.0 Å². The Morgan fingerprint density at radius 3 is 2.78 bits per heavy atom. The number of pyridine rings is 1. The standard InChI is InChI=1S/C13H18FN3O/c1-2-13(12(15)18,17-7-9-3-4-9)11-6-5-10(14)8-16-11/h5-6,8-9,17H,2-4,7H2,1H3,(H2,15,18). The van der Waals surface area contributed by atoms with Crippen LogP contribution < -0.4 is 11.1 Å². The Hall–Kier alpha value is -1.49. The summed E-state index contributed by atoms with van der Waals surface area (Å²) in [5, 5.41) is 3.22. The highest BCUT2D eigenvalue weighted by Gasteiger charge is 2.39. The molecule has 2 rings (SSSR count). The second-order valence-electron chi connectivity index (χ2n) is 4.81. The van der Waals surface area contributed by atoms with Gasteiger partial charge in [-0.05, 0) is 43.9 Å². The van der Waals surface area contributed by atoms with Crippen molar-refractivity contribution in [2.75, 3.05) is 6.54 Å². The number of carbonyl (C=O) groups is 1. The van der Waals surface area contributed by atoms with Crippen molar-refractivity contribution >= 4 is 5.91 Å². The van der Waals surface area contributed by atoms with Crippen LogP contribution in [0.5, 0.6) is 0 Å². The van der Waals surface area contributed by atoms with E-state index in [1.54, 1.807) is 0 Å². The maximum atomic E-state index is 12.9. The fraction of sp³-hybridized carbons (Fsp3) is 0.538. The minimum Gasteiger partial charge on any atom is -0.368 e. The summed E-state index contributed by atoms with van der Waals surface area (Å²) in [4.78, 5) is 15.8. The van der Waals surface area contributed by atoms with Gasteiger partial charge in [-0.15, -0.1) is 0 Å². The van der Waals surface area contributed by atoms with Crippen LogP contribution in [-0.2, 0) is 10.3 Å². The summed E-state index contributed by atoms with van der Waals surface area (Å²) in [6, 6.07) is 2.82. The van der Waals surface area contributed by atoms with E-state index < -0.39 is 17.3 Å². The minimum atomic E-state index is -0.990. The van der Waals surface area contributed by atoms with Crippen LogP contribution in [0.3, 0.4) is 0 Å². The molecule has 0 radical (unpaired) electrons. The first kappa shape index (κ1) is 13.0. The monoisotopic (exact) mass is 251 g/mol. The second kappa shape index (κ2) is 5.02. The van der Waals surface area contributed by atoms with Gasteiger partial charge in [-0.3, -0.25) is 15.1 Å². The third-order valence-electron chi connectivity index (χ3n) is 3.51. The summed E-state index contributed by atoms with van der Waals surface area (Å²) in [7, 11) is 0. The van der Waals surface area contributed by atoms with Gasteiger partial charge < -0.3 is 5.73 Å². The lowest BCUT2D eigenvalue weighted by Gasteiger charge is -2.30. The molecule has 0 saturated heterocycles. The van der Waals surface area contributed by atoms with Crippen molar-refractivity contribution in [1.82, 2.24) is 10.3 Å². The fourth-order valence-electron chi connectivity index (χ4n) is 2.05. The number of halogens is 1. The lowest BCUT2D eigenvalue weighted by Crippen LogP contribution is -2.53. The molecule has 4 nitrogen and oxygen atoms in total. The summed E-state index contributed by atoms with van der Waals surface area (Å²) in [6.07, 6.45) is 3.97. The molecule has 1 aromatic rings. The molecule has 1 aliphatic rings. The largest absolute Gasteiger partial charge is 0.368 e. The number of rotatable bonds is 6. The smallest absolute Gasteiger partial charge is 0.243 e. The lowest BCUT2D eigenvalue weighted by molar-refractivity contribution is -0.125. The number of nitrogens with two attached hydrogens (primary N) is 1. The third kappa shape index (κ3) is 2.51. The quantitative estimate of drug-likeness (QED) is 0.801. The van der Waals surface area contributed by atoms with E-state index in [4.69, 9.17) is 5.73 Å². The van der Waals surface area contributed by atoms with E-state index in [0.717, 1.165) is 12.7 Å². The fourth-order valence-corrected chi connectivity index (χ4v) is 2.05. The molecule has 98 valence electrons. The zero-order chi connectivity index (χ0) is 13.2. The van der Waals surface area contributed by atoms with Gasteiger partial charge in [0.1, 0.15) is 11.4 Å². The Morgan fingerprint density at radius 1 is 1.61 bits per heavy atom. The molecule has 1 aliphatic carbocycles. The van der Waals surface area contributed by atoms with Gasteiger partial charge in [-0.1, -0.05) is 6.92 Å². The first-order chi connectivity index (χ1) is 8.58. The van der Waals surface area contributed by atoms with Gasteiger partial charge in [0.05, 0.1) is 11.9 Å². The van der Waals surface area contributed by atoms with Gasteiger partial charge >= 0.3 is 0 Å². The van der Waals surface area contributed by atoms with Crippen molar-refractivity contribution in [3.8, 4) is 0 Å². The highest BCUT2D eigenvalue weighted by atomic mass is 19.1. The highest BCUT2D eigenvalue weighted by Crippen LogP contribution is 2.30. The molecule has 0 aliphatic heterocycles. The number of aromatic nitrogens is 1. The van der Waals surface area contributed by atoms with Crippen molar-refractivity contribution in [3.63, 3.8) is 0 Å². The van der Waals surface area contributed by atoms with Gasteiger partial charge in [-0.2, -0.15) is 0 Å². The molecule has 1 fully saturated rings. The van der Waals surface area contributed by atoms with E-state index in [1.165, 1.54) is 25.0 Å². The van der Waals surface area contributed by atoms with Crippen LogP contribution in [0.2, 0.25) is 0 Å². The predicted molar refractivity (Wildman–Crippen MR) is 66.1 cm³/mol. The van der Waals surface area contributed by atoms with E-state index >= 15 is 0 Å². The lowest BCUT2D eigenvalue weighted by atomic mass is 9.90. The Bertz CT molecular complexity index is 430. The van der Waals surface area contributed by atoms with Crippen LogP contribution in [0.4, 0.5) is 4.39 Å². The van der Waals surface area contributed by atoms with Crippen LogP contribution in [0.15, 0.2) is 18.3 Å². The summed E-state index contributed by atoms with van der Waals surface area (Å²) in [5.74, 6) is -0.268. The number of hydrogen-bond acceptors (Lipinski definition) is 3. The first-order valence-corrected chi connectivity index (χ1v) is 6.25. The summed E-state index contributed by atoms with van der Waals surface area (Å²) in [5.41, 5.74) is 5.02. The Morgan fingerprint density at radius 2 is 2.33 bits per heavy atom. The molecule has 1 aromatic heterocycles. The number of nitrogens with one attached hydrogen (secondary N) is 1. The maximum Gasteiger partial charge on any atom is 0.243 e. The van der Waals surface area contributed by atoms with Crippen molar-refractivity contribution in [2.45, 2.75) is 31.7 Å². The van der Waals surface area contributed by atoms with Gasteiger partial charge in [0, 0.05) is 0 Å². The number of amides is 1. The number of primary amides is 1. The molecule has 5 heteroatoms. The molecule has 0 bridgehead atoms. The van der Waals surface area contributed by atoms with E-state index in [0.29, 0.717) is 18.0 Å². The Labute approximate surface area is 106 Å². The van der Waals surface area contributed by atoms with Crippen molar-refractivity contribution < 1.29 is 9.18 Å². The maximum absolute atomic E-state index is 12.9. The molecule has 18 heavy (non-hydrogen) atoms. The van der Waals surface area contributed by atoms with Crippen LogP contribution in [0.1, 0.15) is 31.9 Å². The predicted octanol–water partition coefficient (Wildman–Crippen LogP) is 1.31. The van der Waals surface area contributed by atoms with Crippen LogP contribution in [-0.4, -0.2) is 17.4 Å². The number of carbonyl (C=O) groups excluding carboxylic acids is 1. The van der Waals surface area contributed by atoms with Gasteiger partial charge in [0.25, 0.3) is 0 Å². The zero-order valence-corrected chi connectivity index (χ0v) is 10.4. The average molecular weight is 251 g/mol. The Kier molecular flexibility index (Phi) is 3.61. The van der Waals surface area contributed by atoms with Crippen LogP contribution in [0.25, 0.3) is 0 Å². The molecule has 1 heterocycles. The Balaban J connectivity index is 2.26. The minimum absolute atomic E-state index is 0.421. The van der Waals surface area contributed by atoms with Gasteiger partial charge in [0.15, 0.2) is 0 Å². The summed E-state index contributed by atoms with van der Waals surface area (Å²) < 4.78 is 12.9. The molecule has 1 saturated carbocycles.